The van der Waals surface area contributed by atoms with Crippen LogP contribution in [0.25, 0.3) is 0 Å². The molecule has 0 spiro atoms. The average molecular weight is 352 g/mol. The lowest BCUT2D eigenvalue weighted by molar-refractivity contribution is 0.263. The number of halogens is 1. The fraction of sp³-hybridized carbons (Fsp3) is 0.412. The molecule has 0 aliphatic heterocycles. The highest BCUT2D eigenvalue weighted by Crippen LogP contribution is 2.23. The summed E-state index contributed by atoms with van der Waals surface area (Å²) in [6.45, 7) is 8.61. The van der Waals surface area contributed by atoms with E-state index in [4.69, 9.17) is 9.15 Å². The van der Waals surface area contributed by atoms with E-state index in [0.717, 1.165) is 40.4 Å². The maximum Gasteiger partial charge on any atom is 0.146 e. The number of hydrogen-bond acceptors (Lipinski definition) is 3. The summed E-state index contributed by atoms with van der Waals surface area (Å²) in [5.74, 6) is 3.32. The van der Waals surface area contributed by atoms with Gasteiger partial charge in [0.25, 0.3) is 0 Å². The Bertz CT molecular complexity index is 578. The minimum Gasteiger partial charge on any atom is -0.485 e. The summed E-state index contributed by atoms with van der Waals surface area (Å²) < 4.78 is 12.6. The minimum atomic E-state index is 0.451. The maximum absolute atomic E-state index is 5.80. The first kappa shape index (κ1) is 16.1. The van der Waals surface area contributed by atoms with Gasteiger partial charge in [0.05, 0.1) is 6.54 Å². The monoisotopic (exact) mass is 351 g/mol. The van der Waals surface area contributed by atoms with Gasteiger partial charge in [0.2, 0.25) is 0 Å². The molecule has 0 unspecified atom stereocenters. The van der Waals surface area contributed by atoms with Crippen LogP contribution in [0.1, 0.15) is 30.9 Å². The van der Waals surface area contributed by atoms with E-state index >= 15 is 0 Å². The molecule has 1 N–H and O–H groups in total. The number of nitrogens with one attached hydrogen (secondary N) is 1. The molecule has 1 aromatic heterocycles. The molecule has 0 atom stereocenters. The Hall–Kier alpha value is -1.26. The zero-order valence-electron chi connectivity index (χ0n) is 12.8. The Morgan fingerprint density at radius 2 is 1.95 bits per heavy atom. The number of aryl methyl sites for hydroxylation is 1. The molecule has 0 aliphatic rings. The zero-order chi connectivity index (χ0) is 15.2. The van der Waals surface area contributed by atoms with Gasteiger partial charge in [-0.15, -0.1) is 0 Å². The molecule has 3 nitrogen and oxygen atoms in total. The van der Waals surface area contributed by atoms with Gasteiger partial charge in [0.15, 0.2) is 0 Å². The molecule has 114 valence electrons. The van der Waals surface area contributed by atoms with Gasteiger partial charge in [-0.3, -0.25) is 0 Å². The van der Waals surface area contributed by atoms with Gasteiger partial charge in [-0.25, -0.2) is 0 Å². The van der Waals surface area contributed by atoms with E-state index in [2.05, 4.69) is 35.1 Å². The fourth-order valence-corrected chi connectivity index (χ4v) is 2.48. The second-order valence-corrected chi connectivity index (χ2v) is 6.51. The molecule has 0 fully saturated rings. The second kappa shape index (κ2) is 7.66. The first-order chi connectivity index (χ1) is 10.0. The molecule has 0 aliphatic carbocycles. The van der Waals surface area contributed by atoms with Crippen LogP contribution in [0, 0.1) is 12.8 Å². The van der Waals surface area contributed by atoms with Crippen LogP contribution in [0.15, 0.2) is 39.2 Å². The number of benzene rings is 1. The number of hydrogen-bond donors (Lipinski definition) is 1. The second-order valence-electron chi connectivity index (χ2n) is 5.59. The Morgan fingerprint density at radius 3 is 2.67 bits per heavy atom. The van der Waals surface area contributed by atoms with Crippen LogP contribution < -0.4 is 10.1 Å². The third-order valence-corrected chi connectivity index (χ3v) is 3.57. The van der Waals surface area contributed by atoms with Crippen molar-refractivity contribution in [1.29, 1.82) is 0 Å². The van der Waals surface area contributed by atoms with E-state index in [-0.39, 0.29) is 0 Å². The van der Waals surface area contributed by atoms with Crippen LogP contribution >= 0.6 is 15.9 Å². The minimum absolute atomic E-state index is 0.451. The predicted octanol–water partition coefficient (Wildman–Crippen LogP) is 4.68. The Morgan fingerprint density at radius 1 is 1.19 bits per heavy atom. The van der Waals surface area contributed by atoms with E-state index in [9.17, 15) is 0 Å². The van der Waals surface area contributed by atoms with Crippen molar-refractivity contribution in [3.8, 4) is 5.75 Å². The lowest BCUT2D eigenvalue weighted by Crippen LogP contribution is -2.18. The summed E-state index contributed by atoms with van der Waals surface area (Å²) in [6.07, 6.45) is 0. The Labute approximate surface area is 134 Å². The van der Waals surface area contributed by atoms with Gasteiger partial charge in [0.1, 0.15) is 23.9 Å². The number of rotatable bonds is 7. The summed E-state index contributed by atoms with van der Waals surface area (Å²) in [5.41, 5.74) is 1.11. The highest BCUT2D eigenvalue weighted by Gasteiger charge is 2.05. The van der Waals surface area contributed by atoms with Gasteiger partial charge < -0.3 is 14.5 Å². The van der Waals surface area contributed by atoms with E-state index in [1.807, 2.05) is 37.3 Å². The van der Waals surface area contributed by atoms with Crippen LogP contribution in [-0.4, -0.2) is 6.54 Å². The highest BCUT2D eigenvalue weighted by molar-refractivity contribution is 9.10. The number of furan rings is 1. The molecular formula is C17H22BrNO2. The van der Waals surface area contributed by atoms with Crippen molar-refractivity contribution in [2.75, 3.05) is 6.54 Å². The molecule has 0 saturated carbocycles. The maximum atomic E-state index is 5.80. The van der Waals surface area contributed by atoms with Crippen LogP contribution in [0.2, 0.25) is 0 Å². The van der Waals surface area contributed by atoms with Gasteiger partial charge in [-0.05, 0) is 55.3 Å². The van der Waals surface area contributed by atoms with Crippen molar-refractivity contribution >= 4 is 15.9 Å². The average Bonchev–Trinajstić information content (AvgIpc) is 2.85. The van der Waals surface area contributed by atoms with Gasteiger partial charge in [0, 0.05) is 4.47 Å². The molecule has 0 saturated heterocycles. The lowest BCUT2D eigenvalue weighted by atomic mass is 10.2. The summed E-state index contributed by atoms with van der Waals surface area (Å²) in [6, 6.07) is 9.96. The van der Waals surface area contributed by atoms with Crippen molar-refractivity contribution in [2.24, 2.45) is 5.92 Å². The molecule has 4 heteroatoms. The summed E-state index contributed by atoms with van der Waals surface area (Å²) >= 11 is 3.45. The smallest absolute Gasteiger partial charge is 0.146 e. The molecule has 1 aromatic carbocycles. The first-order valence-electron chi connectivity index (χ1n) is 7.22. The Kier molecular flexibility index (Phi) is 5.88. The fourth-order valence-electron chi connectivity index (χ4n) is 2.00. The van der Waals surface area contributed by atoms with Crippen molar-refractivity contribution in [1.82, 2.24) is 5.32 Å². The third kappa shape index (κ3) is 5.21. The normalized spacial score (nSPS) is 11.1. The standard InChI is InChI=1S/C17H22BrNO2/c1-12(2)9-19-10-15-5-6-16(21-15)11-20-17-7-4-14(18)8-13(17)3/h4-8,12,19H,9-11H2,1-3H3. The van der Waals surface area contributed by atoms with Crippen molar-refractivity contribution in [2.45, 2.75) is 33.9 Å². The van der Waals surface area contributed by atoms with E-state index in [1.54, 1.807) is 0 Å². The molecule has 2 aromatic rings. The van der Waals surface area contributed by atoms with Gasteiger partial charge in [-0.1, -0.05) is 29.8 Å². The molecule has 2 rings (SSSR count). The molecular weight excluding hydrogens is 330 g/mol. The van der Waals surface area contributed by atoms with Crippen molar-refractivity contribution < 1.29 is 9.15 Å². The summed E-state index contributed by atoms with van der Waals surface area (Å²) in [5, 5.41) is 3.36. The topological polar surface area (TPSA) is 34.4 Å². The van der Waals surface area contributed by atoms with Crippen LogP contribution in [-0.2, 0) is 13.2 Å². The molecule has 0 amide bonds. The van der Waals surface area contributed by atoms with E-state index in [0.29, 0.717) is 12.5 Å². The first-order valence-corrected chi connectivity index (χ1v) is 8.01. The van der Waals surface area contributed by atoms with Crippen LogP contribution in [0.4, 0.5) is 0 Å². The molecule has 1 heterocycles. The zero-order valence-corrected chi connectivity index (χ0v) is 14.4. The molecule has 21 heavy (non-hydrogen) atoms. The largest absolute Gasteiger partial charge is 0.485 e. The summed E-state index contributed by atoms with van der Waals surface area (Å²) in [4.78, 5) is 0. The highest BCUT2D eigenvalue weighted by atomic mass is 79.9. The van der Waals surface area contributed by atoms with E-state index in [1.165, 1.54) is 0 Å². The van der Waals surface area contributed by atoms with Gasteiger partial charge >= 0.3 is 0 Å². The van der Waals surface area contributed by atoms with Crippen LogP contribution in [0.5, 0.6) is 5.75 Å². The van der Waals surface area contributed by atoms with Crippen molar-refractivity contribution in [3.05, 3.63) is 51.9 Å². The number of ether oxygens (including phenoxy) is 1. The predicted molar refractivity (Wildman–Crippen MR) is 88.5 cm³/mol. The SMILES string of the molecule is Cc1cc(Br)ccc1OCc1ccc(CNCC(C)C)o1. The Balaban J connectivity index is 1.85. The molecule has 0 bridgehead atoms. The van der Waals surface area contributed by atoms with Crippen molar-refractivity contribution in [3.63, 3.8) is 0 Å². The quantitative estimate of drug-likeness (QED) is 0.786. The lowest BCUT2D eigenvalue weighted by Gasteiger charge is -2.08. The van der Waals surface area contributed by atoms with E-state index < -0.39 is 0 Å². The van der Waals surface area contributed by atoms with Crippen LogP contribution in [0.3, 0.4) is 0 Å². The third-order valence-electron chi connectivity index (χ3n) is 3.08. The molecule has 0 radical (unpaired) electrons. The summed E-state index contributed by atoms with van der Waals surface area (Å²) in [7, 11) is 0. The van der Waals surface area contributed by atoms with Gasteiger partial charge in [-0.2, -0.15) is 0 Å².